The SMILES string of the molecule is NCCCC[C@@H](N)C(=O)O[C@H]1CC[C@H](Nc2cc(-n3c4ccccc4c4c(-c5nc6ccc(F)cc6[nH]5)cccc43)ccc2C(N)=O)CC1. The summed E-state index contributed by atoms with van der Waals surface area (Å²) in [5.74, 6) is -0.561. The van der Waals surface area contributed by atoms with Crippen molar-refractivity contribution < 1.29 is 18.7 Å². The van der Waals surface area contributed by atoms with Crippen molar-refractivity contribution >= 4 is 50.4 Å². The molecule has 252 valence electrons. The molecule has 4 aromatic carbocycles. The van der Waals surface area contributed by atoms with Crippen molar-refractivity contribution in [1.29, 1.82) is 0 Å². The van der Waals surface area contributed by atoms with Gasteiger partial charge < -0.3 is 36.8 Å². The van der Waals surface area contributed by atoms with Crippen LogP contribution >= 0.6 is 0 Å². The monoisotopic (exact) mass is 661 g/mol. The lowest BCUT2D eigenvalue weighted by molar-refractivity contribution is -0.152. The fourth-order valence-electron chi connectivity index (χ4n) is 7.03. The van der Waals surface area contributed by atoms with Gasteiger partial charge in [0.25, 0.3) is 5.91 Å². The molecule has 6 aromatic rings. The van der Waals surface area contributed by atoms with Crippen LogP contribution in [0.5, 0.6) is 0 Å². The number of benzene rings is 4. The van der Waals surface area contributed by atoms with Gasteiger partial charge in [0.1, 0.15) is 23.8 Å². The molecule has 0 bridgehead atoms. The number of esters is 1. The molecular formula is C38H40FN7O3. The Hall–Kier alpha value is -5.26. The van der Waals surface area contributed by atoms with Gasteiger partial charge in [0.2, 0.25) is 0 Å². The number of nitrogens with zero attached hydrogens (tertiary/aromatic N) is 2. The number of carbonyl (C=O) groups excluding carboxylic acids is 2. The molecule has 0 saturated heterocycles. The predicted octanol–water partition coefficient (Wildman–Crippen LogP) is 6.29. The number of aromatic amines is 1. The highest BCUT2D eigenvalue weighted by atomic mass is 19.1. The number of aromatic nitrogens is 3. The summed E-state index contributed by atoms with van der Waals surface area (Å²) in [5.41, 5.74) is 23.5. The molecule has 2 heterocycles. The highest BCUT2D eigenvalue weighted by molar-refractivity contribution is 6.15. The van der Waals surface area contributed by atoms with Gasteiger partial charge in [0.05, 0.1) is 27.6 Å². The minimum absolute atomic E-state index is 0.0594. The van der Waals surface area contributed by atoms with E-state index in [-0.39, 0.29) is 23.9 Å². The number of hydrogen-bond acceptors (Lipinski definition) is 7. The first-order valence-electron chi connectivity index (χ1n) is 16.9. The van der Waals surface area contributed by atoms with E-state index in [4.69, 9.17) is 26.9 Å². The Morgan fingerprint density at radius 2 is 1.78 bits per heavy atom. The molecule has 1 saturated carbocycles. The van der Waals surface area contributed by atoms with Crippen LogP contribution in [0.25, 0.3) is 49.9 Å². The Balaban J connectivity index is 1.18. The summed E-state index contributed by atoms with van der Waals surface area (Å²) >= 11 is 0. The number of nitrogens with one attached hydrogen (secondary N) is 2. The quantitative estimate of drug-likeness (QED) is 0.0804. The van der Waals surface area contributed by atoms with Crippen LogP contribution in [0.4, 0.5) is 10.1 Å². The first-order chi connectivity index (χ1) is 23.8. The third-order valence-electron chi connectivity index (χ3n) is 9.51. The van der Waals surface area contributed by atoms with E-state index < -0.39 is 11.9 Å². The Kier molecular flexibility index (Phi) is 9.03. The largest absolute Gasteiger partial charge is 0.461 e. The van der Waals surface area contributed by atoms with E-state index in [1.807, 2.05) is 36.4 Å². The number of H-pyrrole nitrogens is 1. The number of hydrogen-bond donors (Lipinski definition) is 5. The van der Waals surface area contributed by atoms with Crippen LogP contribution in [0.1, 0.15) is 55.3 Å². The molecule has 10 nitrogen and oxygen atoms in total. The molecule has 7 rings (SSSR count). The summed E-state index contributed by atoms with van der Waals surface area (Å²) in [5, 5.41) is 5.61. The second-order valence-corrected chi connectivity index (χ2v) is 12.8. The van der Waals surface area contributed by atoms with Gasteiger partial charge in [-0.3, -0.25) is 9.59 Å². The van der Waals surface area contributed by atoms with Crippen molar-refractivity contribution in [3.8, 4) is 17.1 Å². The lowest BCUT2D eigenvalue weighted by Crippen LogP contribution is -2.37. The molecular weight excluding hydrogens is 621 g/mol. The maximum Gasteiger partial charge on any atom is 0.323 e. The maximum atomic E-state index is 14.0. The molecule has 1 amide bonds. The summed E-state index contributed by atoms with van der Waals surface area (Å²) in [6, 6.07) is 23.8. The molecule has 8 N–H and O–H groups in total. The molecule has 2 aromatic heterocycles. The zero-order chi connectivity index (χ0) is 34.1. The van der Waals surface area contributed by atoms with Crippen LogP contribution < -0.4 is 22.5 Å². The van der Waals surface area contributed by atoms with Crippen molar-refractivity contribution in [2.24, 2.45) is 17.2 Å². The van der Waals surface area contributed by atoms with Gasteiger partial charge in [-0.25, -0.2) is 9.37 Å². The lowest BCUT2D eigenvalue weighted by atomic mass is 9.92. The normalized spacial score (nSPS) is 17.0. The predicted molar refractivity (Wildman–Crippen MR) is 191 cm³/mol. The molecule has 1 atom stereocenters. The lowest BCUT2D eigenvalue weighted by Gasteiger charge is -2.30. The van der Waals surface area contributed by atoms with Crippen molar-refractivity contribution in [3.05, 3.63) is 90.2 Å². The number of primary amides is 1. The minimum Gasteiger partial charge on any atom is -0.461 e. The Morgan fingerprint density at radius 1 is 0.980 bits per heavy atom. The fraction of sp³-hybridized carbons (Fsp3) is 0.289. The van der Waals surface area contributed by atoms with E-state index in [2.05, 4.69) is 33.1 Å². The summed E-state index contributed by atoms with van der Waals surface area (Å²) in [4.78, 5) is 33.2. The van der Waals surface area contributed by atoms with Gasteiger partial charge in [-0.1, -0.05) is 36.8 Å². The molecule has 0 spiro atoms. The van der Waals surface area contributed by atoms with Crippen molar-refractivity contribution in [3.63, 3.8) is 0 Å². The van der Waals surface area contributed by atoms with E-state index >= 15 is 0 Å². The standard InChI is InChI=1S/C38H40FN7O3/c39-22-11-18-30-32(20-22)45-37(44-30)28-7-5-10-34-35(28)27-6-1-2-9-33(27)46(34)24-14-17-26(36(42)47)31(21-24)43-23-12-15-25(16-13-23)49-38(48)29(41)8-3-4-19-40/h1-2,5-7,9-11,14,17-18,20-21,23,25,29,43H,3-4,8,12-13,15-16,19,40-41H2,(H2,42,47)(H,44,45)/t23-,25-,29-/m1/s1. The number of anilines is 1. The number of rotatable bonds is 11. The van der Waals surface area contributed by atoms with Gasteiger partial charge in [0.15, 0.2) is 0 Å². The van der Waals surface area contributed by atoms with Crippen LogP contribution in [-0.2, 0) is 9.53 Å². The van der Waals surface area contributed by atoms with Crippen LogP contribution in [-0.4, -0.2) is 51.1 Å². The second-order valence-electron chi connectivity index (χ2n) is 12.8. The van der Waals surface area contributed by atoms with E-state index in [1.54, 1.807) is 12.1 Å². The van der Waals surface area contributed by atoms with Crippen LogP contribution in [0.2, 0.25) is 0 Å². The first-order valence-corrected chi connectivity index (χ1v) is 16.9. The molecule has 0 unspecified atom stereocenters. The number of ether oxygens (including phenoxy) is 1. The molecule has 0 aliphatic heterocycles. The average molecular weight is 662 g/mol. The number of unbranched alkanes of at least 4 members (excludes halogenated alkanes) is 1. The number of para-hydroxylation sites is 1. The molecule has 1 aliphatic carbocycles. The van der Waals surface area contributed by atoms with Gasteiger partial charge in [0, 0.05) is 33.8 Å². The Labute approximate surface area is 282 Å². The number of amides is 1. The minimum atomic E-state index is -0.636. The van der Waals surface area contributed by atoms with E-state index in [1.165, 1.54) is 12.1 Å². The van der Waals surface area contributed by atoms with Crippen LogP contribution in [0, 0.1) is 5.82 Å². The number of nitrogens with two attached hydrogens (primary N) is 3. The smallest absolute Gasteiger partial charge is 0.323 e. The van der Waals surface area contributed by atoms with Crippen molar-refractivity contribution in [1.82, 2.24) is 14.5 Å². The second kappa shape index (κ2) is 13.7. The fourth-order valence-corrected chi connectivity index (χ4v) is 7.03. The molecule has 0 radical (unpaired) electrons. The van der Waals surface area contributed by atoms with Crippen LogP contribution in [0.3, 0.4) is 0 Å². The third-order valence-corrected chi connectivity index (χ3v) is 9.51. The first kappa shape index (κ1) is 32.3. The van der Waals surface area contributed by atoms with Crippen molar-refractivity contribution in [2.75, 3.05) is 11.9 Å². The zero-order valence-corrected chi connectivity index (χ0v) is 27.1. The summed E-state index contributed by atoms with van der Waals surface area (Å²) in [6.07, 6.45) is 4.88. The Morgan fingerprint density at radius 3 is 2.57 bits per heavy atom. The van der Waals surface area contributed by atoms with E-state index in [0.717, 1.165) is 58.7 Å². The van der Waals surface area contributed by atoms with Crippen LogP contribution in [0.15, 0.2) is 78.9 Å². The molecule has 49 heavy (non-hydrogen) atoms. The maximum absolute atomic E-state index is 14.0. The van der Waals surface area contributed by atoms with E-state index in [0.29, 0.717) is 53.9 Å². The highest BCUT2D eigenvalue weighted by Crippen LogP contribution is 2.39. The topological polar surface area (TPSA) is 167 Å². The van der Waals surface area contributed by atoms with Gasteiger partial charge in [-0.2, -0.15) is 0 Å². The number of carbonyl (C=O) groups is 2. The third kappa shape index (κ3) is 6.47. The van der Waals surface area contributed by atoms with E-state index in [9.17, 15) is 14.0 Å². The van der Waals surface area contributed by atoms with Gasteiger partial charge in [-0.05, 0) is 93.6 Å². The summed E-state index contributed by atoms with van der Waals surface area (Å²) < 4.78 is 21.9. The number of halogens is 1. The van der Waals surface area contributed by atoms with Gasteiger partial charge in [-0.15, -0.1) is 0 Å². The molecule has 1 aliphatic rings. The number of imidazole rings is 1. The summed E-state index contributed by atoms with van der Waals surface area (Å²) in [6.45, 7) is 0.576. The number of fused-ring (bicyclic) bond motifs is 4. The Bertz CT molecular complexity index is 2170. The average Bonchev–Trinajstić information content (AvgIpc) is 3.68. The summed E-state index contributed by atoms with van der Waals surface area (Å²) in [7, 11) is 0. The highest BCUT2D eigenvalue weighted by Gasteiger charge is 2.27. The zero-order valence-electron chi connectivity index (χ0n) is 27.1. The molecule has 1 fully saturated rings. The van der Waals surface area contributed by atoms with Gasteiger partial charge >= 0.3 is 5.97 Å². The van der Waals surface area contributed by atoms with Crippen molar-refractivity contribution in [2.45, 2.75) is 63.1 Å². The molecule has 11 heteroatoms.